The van der Waals surface area contributed by atoms with Gasteiger partial charge in [-0.05, 0) is 43.9 Å². The zero-order chi connectivity index (χ0) is 19.9. The second-order valence-electron chi connectivity index (χ2n) is 7.58. The van der Waals surface area contributed by atoms with Crippen molar-refractivity contribution in [3.63, 3.8) is 0 Å². The summed E-state index contributed by atoms with van der Waals surface area (Å²) in [6.45, 7) is 2.22. The molecular formula is C17H23ClN4O4S2. The maximum atomic E-state index is 12.8. The number of hydrogen-bond donors (Lipinski definition) is 0. The van der Waals surface area contributed by atoms with Gasteiger partial charge in [-0.15, -0.1) is 11.3 Å². The second kappa shape index (κ2) is 7.66. The molecule has 0 N–H and O–H groups in total. The lowest BCUT2D eigenvalue weighted by atomic mass is 9.77. The summed E-state index contributed by atoms with van der Waals surface area (Å²) in [4.78, 5) is 6.69. The number of aromatic nitrogens is 2. The maximum absolute atomic E-state index is 12.8. The van der Waals surface area contributed by atoms with Gasteiger partial charge in [-0.3, -0.25) is 4.90 Å². The van der Waals surface area contributed by atoms with Crippen LogP contribution in [0.1, 0.15) is 37.0 Å². The number of thiophene rings is 1. The molecule has 1 unspecified atom stereocenters. The van der Waals surface area contributed by atoms with Gasteiger partial charge >= 0.3 is 0 Å². The van der Waals surface area contributed by atoms with Crippen molar-refractivity contribution in [1.29, 1.82) is 0 Å². The van der Waals surface area contributed by atoms with Crippen LogP contribution in [0, 0.1) is 5.41 Å². The first-order chi connectivity index (χ1) is 13.3. The van der Waals surface area contributed by atoms with Crippen LogP contribution < -0.4 is 0 Å². The molecule has 1 spiro atoms. The molecule has 8 nitrogen and oxygen atoms in total. The van der Waals surface area contributed by atoms with Gasteiger partial charge in [0, 0.05) is 26.7 Å². The lowest BCUT2D eigenvalue weighted by Crippen LogP contribution is -2.43. The highest BCUT2D eigenvalue weighted by Crippen LogP contribution is 2.48. The molecule has 2 aliphatic heterocycles. The van der Waals surface area contributed by atoms with Gasteiger partial charge in [-0.1, -0.05) is 16.8 Å². The van der Waals surface area contributed by atoms with Crippen LogP contribution in [-0.4, -0.2) is 61.6 Å². The molecule has 0 amide bonds. The van der Waals surface area contributed by atoms with Crippen molar-refractivity contribution in [1.82, 2.24) is 19.3 Å². The van der Waals surface area contributed by atoms with Crippen LogP contribution in [0.3, 0.4) is 0 Å². The third-order valence-corrected chi connectivity index (χ3v) is 9.32. The molecule has 4 heterocycles. The highest BCUT2D eigenvalue weighted by Gasteiger charge is 2.47. The number of methoxy groups -OCH3 is 1. The van der Waals surface area contributed by atoms with Gasteiger partial charge in [-0.25, -0.2) is 8.42 Å². The second-order valence-corrected chi connectivity index (χ2v) is 11.5. The van der Waals surface area contributed by atoms with Gasteiger partial charge in [0.25, 0.3) is 15.9 Å². The third kappa shape index (κ3) is 3.73. The van der Waals surface area contributed by atoms with Crippen molar-refractivity contribution < 1.29 is 17.7 Å². The van der Waals surface area contributed by atoms with Crippen LogP contribution >= 0.6 is 22.9 Å². The number of halogens is 1. The molecule has 1 atom stereocenters. The number of ether oxygens (including phenoxy) is 1. The van der Waals surface area contributed by atoms with Crippen molar-refractivity contribution >= 4 is 33.0 Å². The summed E-state index contributed by atoms with van der Waals surface area (Å²) in [5, 5.41) is 4.12. The molecule has 4 rings (SSSR count). The minimum atomic E-state index is -3.47. The highest BCUT2D eigenvalue weighted by atomic mass is 35.5. The molecule has 2 saturated heterocycles. The van der Waals surface area contributed by atoms with E-state index in [1.165, 1.54) is 0 Å². The predicted octanol–water partition coefficient (Wildman–Crippen LogP) is 2.78. The SMILES string of the molecule is COCc1nc(C2CC3(CCN(S(=O)(=O)c4ccc(Cl)s4)CC3)CN2C)no1. The fraction of sp³-hybridized carbons (Fsp3) is 0.647. The Labute approximate surface area is 173 Å². The van der Waals surface area contributed by atoms with Crippen molar-refractivity contribution in [2.45, 2.75) is 36.1 Å². The third-order valence-electron chi connectivity index (χ3n) is 5.72. The first-order valence-corrected chi connectivity index (χ1v) is 11.7. The van der Waals surface area contributed by atoms with E-state index in [1.54, 1.807) is 23.5 Å². The monoisotopic (exact) mass is 446 g/mol. The van der Waals surface area contributed by atoms with E-state index in [-0.39, 0.29) is 11.5 Å². The van der Waals surface area contributed by atoms with Gasteiger partial charge in [0.1, 0.15) is 10.8 Å². The van der Waals surface area contributed by atoms with E-state index < -0.39 is 10.0 Å². The van der Waals surface area contributed by atoms with Crippen LogP contribution in [-0.2, 0) is 21.4 Å². The molecule has 0 saturated carbocycles. The maximum Gasteiger partial charge on any atom is 0.252 e. The van der Waals surface area contributed by atoms with Gasteiger partial charge < -0.3 is 9.26 Å². The first-order valence-electron chi connectivity index (χ1n) is 9.10. The Bertz CT molecular complexity index is 937. The molecule has 2 aromatic heterocycles. The van der Waals surface area contributed by atoms with Crippen molar-refractivity contribution in [3.8, 4) is 0 Å². The van der Waals surface area contributed by atoms with E-state index >= 15 is 0 Å². The van der Waals surface area contributed by atoms with E-state index in [1.807, 2.05) is 0 Å². The zero-order valence-corrected chi connectivity index (χ0v) is 18.2. The molecule has 11 heteroatoms. The largest absolute Gasteiger partial charge is 0.375 e. The Hall–Kier alpha value is -1.04. The molecule has 0 radical (unpaired) electrons. The lowest BCUT2D eigenvalue weighted by molar-refractivity contribution is 0.151. The number of hydrogen-bond acceptors (Lipinski definition) is 8. The van der Waals surface area contributed by atoms with Crippen LogP contribution in [0.2, 0.25) is 4.34 Å². The van der Waals surface area contributed by atoms with E-state index in [0.717, 1.165) is 37.1 Å². The summed E-state index contributed by atoms with van der Waals surface area (Å²) in [6, 6.07) is 3.29. The van der Waals surface area contributed by atoms with E-state index in [9.17, 15) is 8.42 Å². The molecule has 154 valence electrons. The molecule has 0 bridgehead atoms. The van der Waals surface area contributed by atoms with Crippen LogP contribution in [0.4, 0.5) is 0 Å². The van der Waals surface area contributed by atoms with Crippen molar-refractivity contribution in [2.75, 3.05) is 33.8 Å². The van der Waals surface area contributed by atoms with Gasteiger partial charge in [0.05, 0.1) is 10.4 Å². The Morgan fingerprint density at radius 1 is 1.39 bits per heavy atom. The lowest BCUT2D eigenvalue weighted by Gasteiger charge is -2.38. The Morgan fingerprint density at radius 3 is 2.79 bits per heavy atom. The normalized spacial score (nSPS) is 23.6. The molecule has 2 aliphatic rings. The Kier molecular flexibility index (Phi) is 5.54. The Balaban J connectivity index is 1.44. The topological polar surface area (TPSA) is 88.8 Å². The summed E-state index contributed by atoms with van der Waals surface area (Å²) < 4.78 is 38.4. The predicted molar refractivity (Wildman–Crippen MR) is 105 cm³/mol. The molecule has 0 aliphatic carbocycles. The van der Waals surface area contributed by atoms with E-state index in [4.69, 9.17) is 20.9 Å². The van der Waals surface area contributed by atoms with Crippen molar-refractivity contribution in [3.05, 3.63) is 28.2 Å². The fourth-order valence-corrected chi connectivity index (χ4v) is 7.35. The Morgan fingerprint density at radius 2 is 2.14 bits per heavy atom. The average Bonchev–Trinajstić information content (AvgIpc) is 3.36. The number of nitrogens with zero attached hydrogens (tertiary/aromatic N) is 4. The summed E-state index contributed by atoms with van der Waals surface area (Å²) in [6.07, 6.45) is 2.53. The van der Waals surface area contributed by atoms with Gasteiger partial charge in [-0.2, -0.15) is 9.29 Å². The summed E-state index contributed by atoms with van der Waals surface area (Å²) >= 11 is 7.03. The summed E-state index contributed by atoms with van der Waals surface area (Å²) in [5.41, 5.74) is 0.0700. The highest BCUT2D eigenvalue weighted by molar-refractivity contribution is 7.91. The molecule has 0 aromatic carbocycles. The number of likely N-dealkylation sites (tertiary alicyclic amines) is 1. The van der Waals surface area contributed by atoms with Crippen LogP contribution in [0.15, 0.2) is 20.9 Å². The molecular weight excluding hydrogens is 424 g/mol. The molecule has 2 aromatic rings. The molecule has 28 heavy (non-hydrogen) atoms. The zero-order valence-electron chi connectivity index (χ0n) is 15.8. The standard InChI is InChI=1S/C17H23ClN4O4S2/c1-21-11-17(9-12(21)16-19-14(10-25-2)26-20-16)5-7-22(8-6-17)28(23,24)15-4-3-13(18)27-15/h3-4,12H,5-11H2,1-2H3. The van der Waals surface area contributed by atoms with Gasteiger partial charge in [0.15, 0.2) is 5.82 Å². The number of rotatable bonds is 5. The van der Waals surface area contributed by atoms with Crippen LogP contribution in [0.25, 0.3) is 0 Å². The minimum Gasteiger partial charge on any atom is -0.375 e. The van der Waals surface area contributed by atoms with Crippen molar-refractivity contribution in [2.24, 2.45) is 5.41 Å². The number of piperidine rings is 1. The first kappa shape index (κ1) is 20.2. The quantitative estimate of drug-likeness (QED) is 0.697. The fourth-order valence-electron chi connectivity index (χ4n) is 4.27. The van der Waals surface area contributed by atoms with Crippen LogP contribution in [0.5, 0.6) is 0 Å². The van der Waals surface area contributed by atoms with E-state index in [2.05, 4.69) is 22.1 Å². The molecule has 2 fully saturated rings. The smallest absolute Gasteiger partial charge is 0.252 e. The summed E-state index contributed by atoms with van der Waals surface area (Å²) in [7, 11) is 0.178. The average molecular weight is 447 g/mol. The van der Waals surface area contributed by atoms with Gasteiger partial charge in [0.2, 0.25) is 0 Å². The summed E-state index contributed by atoms with van der Waals surface area (Å²) in [5.74, 6) is 1.15. The number of sulfonamides is 1. The minimum absolute atomic E-state index is 0.0700. The van der Waals surface area contributed by atoms with E-state index in [0.29, 0.717) is 40.0 Å².